The molecule has 0 unspecified atom stereocenters. The van der Waals surface area contributed by atoms with Crippen molar-refractivity contribution in [1.82, 2.24) is 0 Å². The number of aromatic hydroxyl groups is 1. The molecule has 0 aliphatic heterocycles. The van der Waals surface area contributed by atoms with Gasteiger partial charge in [-0.15, -0.1) is 0 Å². The van der Waals surface area contributed by atoms with Gasteiger partial charge in [0.15, 0.2) is 0 Å². The number of halogens is 1. The van der Waals surface area contributed by atoms with E-state index in [-0.39, 0.29) is 16.7 Å². The summed E-state index contributed by atoms with van der Waals surface area (Å²) in [5, 5.41) is 11.8. The Labute approximate surface area is 80.6 Å². The molecule has 0 fully saturated rings. The number of benzene rings is 1. The Kier molecular flexibility index (Phi) is 2.93. The number of nitrogens with one attached hydrogen (secondary N) is 1. The normalized spacial score (nSPS) is 9.31. The SMILES string of the molecule is C=CC(=O)Nc1cccc(O)c1Cl. The van der Waals surface area contributed by atoms with Crippen LogP contribution in [0.5, 0.6) is 5.75 Å². The summed E-state index contributed by atoms with van der Waals surface area (Å²) in [5.41, 5.74) is 0.367. The average Bonchev–Trinajstić information content (AvgIpc) is 2.13. The molecule has 2 N–H and O–H groups in total. The lowest BCUT2D eigenvalue weighted by atomic mass is 10.3. The van der Waals surface area contributed by atoms with E-state index in [1.54, 1.807) is 12.1 Å². The van der Waals surface area contributed by atoms with Crippen LogP contribution in [0.4, 0.5) is 5.69 Å². The molecule has 0 aromatic heterocycles. The van der Waals surface area contributed by atoms with E-state index in [1.165, 1.54) is 6.07 Å². The Morgan fingerprint density at radius 1 is 1.62 bits per heavy atom. The van der Waals surface area contributed by atoms with Crippen LogP contribution in [-0.4, -0.2) is 11.0 Å². The van der Waals surface area contributed by atoms with Gasteiger partial charge in [-0.05, 0) is 18.2 Å². The average molecular weight is 198 g/mol. The summed E-state index contributed by atoms with van der Waals surface area (Å²) >= 11 is 5.70. The van der Waals surface area contributed by atoms with Crippen LogP contribution in [0.1, 0.15) is 0 Å². The molecular weight excluding hydrogens is 190 g/mol. The second-order valence-corrected chi connectivity index (χ2v) is 2.71. The molecule has 13 heavy (non-hydrogen) atoms. The van der Waals surface area contributed by atoms with Crippen molar-refractivity contribution >= 4 is 23.2 Å². The van der Waals surface area contributed by atoms with Crippen molar-refractivity contribution in [2.75, 3.05) is 5.32 Å². The van der Waals surface area contributed by atoms with Gasteiger partial charge in [0.25, 0.3) is 0 Å². The highest BCUT2D eigenvalue weighted by Gasteiger charge is 2.05. The zero-order chi connectivity index (χ0) is 9.84. The van der Waals surface area contributed by atoms with E-state index in [4.69, 9.17) is 11.6 Å². The first-order chi connectivity index (χ1) is 6.15. The molecule has 1 aromatic rings. The fraction of sp³-hybridized carbons (Fsp3) is 0. The Morgan fingerprint density at radius 2 is 2.31 bits per heavy atom. The Morgan fingerprint density at radius 3 is 2.92 bits per heavy atom. The summed E-state index contributed by atoms with van der Waals surface area (Å²) in [7, 11) is 0. The first kappa shape index (κ1) is 9.61. The fourth-order valence-corrected chi connectivity index (χ4v) is 0.973. The lowest BCUT2D eigenvalue weighted by molar-refractivity contribution is -0.111. The zero-order valence-corrected chi connectivity index (χ0v) is 7.51. The minimum absolute atomic E-state index is 0.0662. The predicted octanol–water partition coefficient (Wildman–Crippen LogP) is 2.17. The van der Waals surface area contributed by atoms with Gasteiger partial charge >= 0.3 is 0 Å². The maximum Gasteiger partial charge on any atom is 0.247 e. The van der Waals surface area contributed by atoms with E-state index in [9.17, 15) is 9.90 Å². The topological polar surface area (TPSA) is 49.3 Å². The van der Waals surface area contributed by atoms with Gasteiger partial charge in [0.2, 0.25) is 5.91 Å². The molecule has 0 heterocycles. The molecular formula is C9H8ClNO2. The smallest absolute Gasteiger partial charge is 0.247 e. The van der Waals surface area contributed by atoms with Crippen LogP contribution in [0.3, 0.4) is 0 Å². The summed E-state index contributed by atoms with van der Waals surface area (Å²) in [6.07, 6.45) is 1.13. The van der Waals surface area contributed by atoms with Crippen molar-refractivity contribution in [3.63, 3.8) is 0 Å². The van der Waals surface area contributed by atoms with Crippen LogP contribution in [0.15, 0.2) is 30.9 Å². The standard InChI is InChI=1S/C9H8ClNO2/c1-2-8(13)11-6-4-3-5-7(12)9(6)10/h2-5,12H,1H2,(H,11,13). The quantitative estimate of drug-likeness (QED) is 0.714. The summed E-state index contributed by atoms with van der Waals surface area (Å²) in [5.74, 6) is -0.434. The van der Waals surface area contributed by atoms with Crippen LogP contribution < -0.4 is 5.32 Å². The monoisotopic (exact) mass is 197 g/mol. The van der Waals surface area contributed by atoms with Crippen molar-refractivity contribution in [3.05, 3.63) is 35.9 Å². The third-order valence-electron chi connectivity index (χ3n) is 1.42. The second kappa shape index (κ2) is 3.96. The first-order valence-corrected chi connectivity index (χ1v) is 3.94. The lowest BCUT2D eigenvalue weighted by Gasteiger charge is -2.05. The lowest BCUT2D eigenvalue weighted by Crippen LogP contribution is -2.07. The Hall–Kier alpha value is -1.48. The molecule has 0 spiro atoms. The van der Waals surface area contributed by atoms with Gasteiger partial charge in [-0.1, -0.05) is 24.2 Å². The molecule has 0 bridgehead atoms. The van der Waals surface area contributed by atoms with Gasteiger partial charge in [0.1, 0.15) is 10.8 Å². The van der Waals surface area contributed by atoms with Gasteiger partial charge in [-0.2, -0.15) is 0 Å². The minimum atomic E-state index is -0.368. The van der Waals surface area contributed by atoms with Gasteiger partial charge in [0, 0.05) is 0 Å². The van der Waals surface area contributed by atoms with Crippen LogP contribution in [0, 0.1) is 0 Å². The largest absolute Gasteiger partial charge is 0.506 e. The summed E-state index contributed by atoms with van der Waals surface area (Å²) < 4.78 is 0. The summed E-state index contributed by atoms with van der Waals surface area (Å²) in [6.45, 7) is 3.29. The number of phenols is 1. The van der Waals surface area contributed by atoms with E-state index < -0.39 is 0 Å². The maximum atomic E-state index is 10.9. The number of carbonyl (C=O) groups is 1. The van der Waals surface area contributed by atoms with E-state index in [0.717, 1.165) is 6.08 Å². The van der Waals surface area contributed by atoms with Gasteiger partial charge in [-0.3, -0.25) is 4.79 Å². The Balaban J connectivity index is 2.95. The number of phenolic OH excluding ortho intramolecular Hbond substituents is 1. The highest BCUT2D eigenvalue weighted by molar-refractivity contribution is 6.35. The molecule has 0 saturated heterocycles. The van der Waals surface area contributed by atoms with E-state index >= 15 is 0 Å². The van der Waals surface area contributed by atoms with Gasteiger partial charge < -0.3 is 10.4 Å². The highest BCUT2D eigenvalue weighted by atomic mass is 35.5. The summed E-state index contributed by atoms with van der Waals surface area (Å²) in [4.78, 5) is 10.9. The number of hydrogen-bond donors (Lipinski definition) is 2. The molecule has 4 heteroatoms. The van der Waals surface area contributed by atoms with Crippen molar-refractivity contribution in [2.45, 2.75) is 0 Å². The third kappa shape index (κ3) is 2.23. The van der Waals surface area contributed by atoms with Crippen molar-refractivity contribution < 1.29 is 9.90 Å². The van der Waals surface area contributed by atoms with Crippen molar-refractivity contribution in [1.29, 1.82) is 0 Å². The molecule has 0 atom stereocenters. The number of rotatable bonds is 2. The second-order valence-electron chi connectivity index (χ2n) is 2.33. The first-order valence-electron chi connectivity index (χ1n) is 3.56. The van der Waals surface area contributed by atoms with Gasteiger partial charge in [-0.25, -0.2) is 0 Å². The van der Waals surface area contributed by atoms with Crippen LogP contribution >= 0.6 is 11.6 Å². The summed E-state index contributed by atoms with van der Waals surface area (Å²) in [6, 6.07) is 4.61. The number of hydrogen-bond acceptors (Lipinski definition) is 2. The zero-order valence-electron chi connectivity index (χ0n) is 6.75. The van der Waals surface area contributed by atoms with Crippen molar-refractivity contribution in [3.8, 4) is 5.75 Å². The fourth-order valence-electron chi connectivity index (χ4n) is 0.800. The molecule has 0 radical (unpaired) electrons. The molecule has 0 saturated carbocycles. The molecule has 1 amide bonds. The molecule has 0 aliphatic carbocycles. The molecule has 3 nitrogen and oxygen atoms in total. The van der Waals surface area contributed by atoms with Crippen LogP contribution in [-0.2, 0) is 4.79 Å². The van der Waals surface area contributed by atoms with Gasteiger partial charge in [0.05, 0.1) is 5.69 Å². The molecule has 1 aromatic carbocycles. The van der Waals surface area contributed by atoms with Crippen LogP contribution in [0.2, 0.25) is 5.02 Å². The number of anilines is 1. The van der Waals surface area contributed by atoms with E-state index in [1.807, 2.05) is 0 Å². The van der Waals surface area contributed by atoms with Crippen molar-refractivity contribution in [2.24, 2.45) is 0 Å². The number of amides is 1. The molecule has 0 aliphatic rings. The third-order valence-corrected chi connectivity index (χ3v) is 1.82. The van der Waals surface area contributed by atoms with E-state index in [0.29, 0.717) is 5.69 Å². The molecule has 1 rings (SSSR count). The Bertz CT molecular complexity index is 349. The minimum Gasteiger partial charge on any atom is -0.506 e. The maximum absolute atomic E-state index is 10.9. The van der Waals surface area contributed by atoms with Crippen LogP contribution in [0.25, 0.3) is 0 Å². The number of carbonyl (C=O) groups excluding carboxylic acids is 1. The predicted molar refractivity (Wildman–Crippen MR) is 51.9 cm³/mol. The van der Waals surface area contributed by atoms with E-state index in [2.05, 4.69) is 11.9 Å². The highest BCUT2D eigenvalue weighted by Crippen LogP contribution is 2.30. The molecule has 68 valence electrons.